The van der Waals surface area contributed by atoms with Gasteiger partial charge in [-0.2, -0.15) is 5.26 Å². The van der Waals surface area contributed by atoms with Crippen LogP contribution in [0.25, 0.3) is 0 Å². The maximum absolute atomic E-state index is 10.9. The third-order valence-electron chi connectivity index (χ3n) is 2.75. The molecule has 0 radical (unpaired) electrons. The molecule has 0 saturated carbocycles. The van der Waals surface area contributed by atoms with Crippen LogP contribution in [0, 0.1) is 16.7 Å². The van der Waals surface area contributed by atoms with Gasteiger partial charge in [0.1, 0.15) is 0 Å². The van der Waals surface area contributed by atoms with Crippen LogP contribution >= 0.6 is 0 Å². The predicted octanol–water partition coefficient (Wildman–Crippen LogP) is 0.695. The van der Waals surface area contributed by atoms with Crippen molar-refractivity contribution < 1.29 is 9.90 Å². The van der Waals surface area contributed by atoms with Gasteiger partial charge in [0.15, 0.2) is 0 Å². The number of nitriles is 1. The lowest BCUT2D eigenvalue weighted by atomic mass is 9.90. The van der Waals surface area contributed by atoms with E-state index in [4.69, 9.17) is 10.4 Å². The first kappa shape index (κ1) is 10.0. The second-order valence-corrected chi connectivity index (χ2v) is 3.89. The average Bonchev–Trinajstić information content (AvgIpc) is 2.48. The van der Waals surface area contributed by atoms with Gasteiger partial charge in [-0.05, 0) is 20.3 Å². The molecule has 0 aliphatic carbocycles. The fourth-order valence-corrected chi connectivity index (χ4v) is 1.58. The maximum atomic E-state index is 10.9. The molecule has 2 atom stereocenters. The first-order valence-corrected chi connectivity index (χ1v) is 4.37. The number of hydrogen-bond acceptors (Lipinski definition) is 3. The number of aliphatic carboxylic acids is 1. The Morgan fingerprint density at radius 1 is 1.77 bits per heavy atom. The summed E-state index contributed by atoms with van der Waals surface area (Å²) in [5.74, 6) is -0.764. The van der Waals surface area contributed by atoms with Gasteiger partial charge < -0.3 is 5.11 Å². The van der Waals surface area contributed by atoms with E-state index in [-0.39, 0.29) is 6.04 Å². The molecular formula is C9H14N2O2. The first-order valence-electron chi connectivity index (χ1n) is 4.37. The van der Waals surface area contributed by atoms with Gasteiger partial charge in [-0.15, -0.1) is 0 Å². The zero-order valence-electron chi connectivity index (χ0n) is 7.95. The molecule has 72 valence electrons. The van der Waals surface area contributed by atoms with Crippen molar-refractivity contribution in [2.24, 2.45) is 5.41 Å². The minimum absolute atomic E-state index is 0.179. The molecule has 2 unspecified atom stereocenters. The largest absolute Gasteiger partial charge is 0.481 e. The zero-order chi connectivity index (χ0) is 10.1. The van der Waals surface area contributed by atoms with Crippen LogP contribution in [0.3, 0.4) is 0 Å². The van der Waals surface area contributed by atoms with Crippen molar-refractivity contribution >= 4 is 5.97 Å². The van der Waals surface area contributed by atoms with E-state index in [1.165, 1.54) is 0 Å². The Morgan fingerprint density at radius 2 is 2.38 bits per heavy atom. The van der Waals surface area contributed by atoms with E-state index in [2.05, 4.69) is 6.07 Å². The number of carboxylic acids is 1. The lowest BCUT2D eigenvalue weighted by molar-refractivity contribution is -0.147. The molecule has 0 amide bonds. The lowest BCUT2D eigenvalue weighted by Gasteiger charge is -2.21. The predicted molar refractivity (Wildman–Crippen MR) is 47.0 cm³/mol. The summed E-state index contributed by atoms with van der Waals surface area (Å²) in [5.41, 5.74) is -0.662. The summed E-state index contributed by atoms with van der Waals surface area (Å²) in [6, 6.07) is 1.94. The Kier molecular flexibility index (Phi) is 2.58. The summed E-state index contributed by atoms with van der Waals surface area (Å²) < 4.78 is 0. The van der Waals surface area contributed by atoms with E-state index < -0.39 is 11.4 Å². The second-order valence-electron chi connectivity index (χ2n) is 3.89. The highest BCUT2D eigenvalue weighted by Gasteiger charge is 2.41. The molecule has 1 aliphatic heterocycles. The standard InChI is InChI=1S/C9H14N2O2/c1-7(5-10)11-4-3-9(2,6-11)8(12)13/h7H,3-4,6H2,1-2H3,(H,12,13). The fraction of sp³-hybridized carbons (Fsp3) is 0.778. The quantitative estimate of drug-likeness (QED) is 0.682. The van der Waals surface area contributed by atoms with Gasteiger partial charge in [0.2, 0.25) is 0 Å². The second kappa shape index (κ2) is 3.35. The number of hydrogen-bond donors (Lipinski definition) is 1. The Labute approximate surface area is 77.8 Å². The van der Waals surface area contributed by atoms with Crippen LogP contribution in [-0.4, -0.2) is 35.1 Å². The lowest BCUT2D eigenvalue weighted by Crippen LogP contribution is -2.35. The summed E-state index contributed by atoms with van der Waals surface area (Å²) in [6.07, 6.45) is 0.633. The van der Waals surface area contributed by atoms with Crippen LogP contribution < -0.4 is 0 Å². The van der Waals surface area contributed by atoms with Crippen molar-refractivity contribution in [3.05, 3.63) is 0 Å². The molecule has 13 heavy (non-hydrogen) atoms. The SMILES string of the molecule is CC(C#N)N1CCC(C)(C(=O)O)C1. The average molecular weight is 182 g/mol. The number of nitrogens with zero attached hydrogens (tertiary/aromatic N) is 2. The van der Waals surface area contributed by atoms with Gasteiger partial charge in [-0.25, -0.2) is 0 Å². The summed E-state index contributed by atoms with van der Waals surface area (Å²) in [5, 5.41) is 17.6. The van der Waals surface area contributed by atoms with E-state index in [0.717, 1.165) is 0 Å². The number of likely N-dealkylation sites (tertiary alicyclic amines) is 1. The molecule has 1 aliphatic rings. The van der Waals surface area contributed by atoms with E-state index >= 15 is 0 Å². The molecule has 0 aromatic rings. The normalized spacial score (nSPS) is 31.2. The van der Waals surface area contributed by atoms with Gasteiger partial charge in [-0.1, -0.05) is 0 Å². The van der Waals surface area contributed by atoms with E-state index in [0.29, 0.717) is 19.5 Å². The van der Waals surface area contributed by atoms with Crippen LogP contribution in [-0.2, 0) is 4.79 Å². The Balaban J connectivity index is 2.64. The van der Waals surface area contributed by atoms with Crippen molar-refractivity contribution in [3.63, 3.8) is 0 Å². The minimum atomic E-state index is -0.764. The van der Waals surface area contributed by atoms with E-state index in [9.17, 15) is 4.79 Å². The third-order valence-corrected chi connectivity index (χ3v) is 2.75. The molecule has 0 aromatic heterocycles. The van der Waals surface area contributed by atoms with Gasteiger partial charge in [0.05, 0.1) is 17.5 Å². The molecule has 0 aromatic carbocycles. The topological polar surface area (TPSA) is 64.3 Å². The van der Waals surface area contributed by atoms with Gasteiger partial charge >= 0.3 is 5.97 Å². The van der Waals surface area contributed by atoms with Crippen LogP contribution in [0.15, 0.2) is 0 Å². The number of carbonyl (C=O) groups is 1. The Hall–Kier alpha value is -1.08. The van der Waals surface area contributed by atoms with Gasteiger partial charge in [-0.3, -0.25) is 9.69 Å². The summed E-state index contributed by atoms with van der Waals surface area (Å²) >= 11 is 0. The van der Waals surface area contributed by atoms with E-state index in [1.54, 1.807) is 13.8 Å². The highest BCUT2D eigenvalue weighted by molar-refractivity contribution is 5.74. The molecule has 1 fully saturated rings. The third kappa shape index (κ3) is 1.81. The van der Waals surface area contributed by atoms with Crippen LogP contribution in [0.1, 0.15) is 20.3 Å². The van der Waals surface area contributed by atoms with Crippen LogP contribution in [0.2, 0.25) is 0 Å². The number of rotatable bonds is 2. The smallest absolute Gasteiger partial charge is 0.310 e. The highest BCUT2D eigenvalue weighted by atomic mass is 16.4. The van der Waals surface area contributed by atoms with Crippen LogP contribution in [0.5, 0.6) is 0 Å². The van der Waals surface area contributed by atoms with Crippen molar-refractivity contribution in [1.29, 1.82) is 5.26 Å². The number of carboxylic acid groups (broad SMARTS) is 1. The van der Waals surface area contributed by atoms with Crippen molar-refractivity contribution in [3.8, 4) is 6.07 Å². The van der Waals surface area contributed by atoms with Gasteiger partial charge in [0, 0.05) is 13.1 Å². The molecule has 4 nitrogen and oxygen atoms in total. The summed E-state index contributed by atoms with van der Waals surface area (Å²) in [7, 11) is 0. The first-order chi connectivity index (χ1) is 5.99. The molecule has 0 bridgehead atoms. The van der Waals surface area contributed by atoms with E-state index in [1.807, 2.05) is 4.90 Å². The molecule has 4 heteroatoms. The zero-order valence-corrected chi connectivity index (χ0v) is 7.95. The Morgan fingerprint density at radius 3 is 2.77 bits per heavy atom. The monoisotopic (exact) mass is 182 g/mol. The minimum Gasteiger partial charge on any atom is -0.481 e. The van der Waals surface area contributed by atoms with Crippen molar-refractivity contribution in [1.82, 2.24) is 4.90 Å². The Bertz CT molecular complexity index is 259. The van der Waals surface area contributed by atoms with Crippen molar-refractivity contribution in [2.75, 3.05) is 13.1 Å². The highest BCUT2D eigenvalue weighted by Crippen LogP contribution is 2.30. The van der Waals surface area contributed by atoms with Crippen molar-refractivity contribution in [2.45, 2.75) is 26.3 Å². The molecular weight excluding hydrogens is 168 g/mol. The molecule has 1 heterocycles. The van der Waals surface area contributed by atoms with Crippen LogP contribution in [0.4, 0.5) is 0 Å². The fourth-order valence-electron chi connectivity index (χ4n) is 1.58. The van der Waals surface area contributed by atoms with Gasteiger partial charge in [0.25, 0.3) is 0 Å². The molecule has 1 rings (SSSR count). The molecule has 1 N–H and O–H groups in total. The molecule has 0 spiro atoms. The summed E-state index contributed by atoms with van der Waals surface area (Å²) in [6.45, 7) is 4.72. The molecule has 1 saturated heterocycles. The summed E-state index contributed by atoms with van der Waals surface area (Å²) in [4.78, 5) is 12.8. The maximum Gasteiger partial charge on any atom is 0.310 e.